The van der Waals surface area contributed by atoms with E-state index in [9.17, 15) is 18.0 Å². The van der Waals surface area contributed by atoms with Gasteiger partial charge in [-0.3, -0.25) is 9.48 Å². The van der Waals surface area contributed by atoms with E-state index in [0.29, 0.717) is 44.8 Å². The van der Waals surface area contributed by atoms with Crippen molar-refractivity contribution in [2.45, 2.75) is 38.5 Å². The molecular weight excluding hydrogens is 487 g/mol. The molecule has 2 aliphatic rings. The van der Waals surface area contributed by atoms with E-state index >= 15 is 0 Å². The van der Waals surface area contributed by atoms with Gasteiger partial charge in [0.25, 0.3) is 0 Å². The Kier molecular flexibility index (Phi) is 6.30. The van der Waals surface area contributed by atoms with Gasteiger partial charge >= 0.3 is 6.18 Å². The van der Waals surface area contributed by atoms with Gasteiger partial charge in [0.1, 0.15) is 28.6 Å². The molecule has 194 valence electrons. The molecule has 0 unspecified atom stereocenters. The molecule has 0 aromatic carbocycles. The number of aryl methyl sites for hydroxylation is 2. The highest BCUT2D eigenvalue weighted by Gasteiger charge is 2.37. The smallest absolute Gasteiger partial charge is 0.354 e. The van der Waals surface area contributed by atoms with Crippen LogP contribution >= 0.6 is 0 Å². The minimum Gasteiger partial charge on any atom is -0.354 e. The quantitative estimate of drug-likeness (QED) is 0.520. The molecule has 1 N–H and O–H groups in total. The van der Waals surface area contributed by atoms with Crippen LogP contribution in [-0.2, 0) is 31.0 Å². The van der Waals surface area contributed by atoms with Gasteiger partial charge in [-0.05, 0) is 25.5 Å². The molecule has 3 aromatic heterocycles. The molecule has 3 aromatic rings. The van der Waals surface area contributed by atoms with Crippen LogP contribution in [0.4, 0.5) is 24.9 Å². The summed E-state index contributed by atoms with van der Waals surface area (Å²) >= 11 is 0. The summed E-state index contributed by atoms with van der Waals surface area (Å²) in [5, 5.41) is 7.28. The van der Waals surface area contributed by atoms with Crippen molar-refractivity contribution >= 4 is 17.7 Å². The maximum atomic E-state index is 13.6. The second kappa shape index (κ2) is 9.45. The molecule has 5 heterocycles. The molecular formula is C24H26F3N9O. The fourth-order valence-electron chi connectivity index (χ4n) is 4.74. The van der Waals surface area contributed by atoms with Crippen LogP contribution in [0.2, 0.25) is 0 Å². The molecule has 0 saturated carbocycles. The molecule has 1 fully saturated rings. The van der Waals surface area contributed by atoms with Crippen molar-refractivity contribution in [1.29, 1.82) is 0 Å². The van der Waals surface area contributed by atoms with Crippen molar-refractivity contribution in [1.82, 2.24) is 34.6 Å². The summed E-state index contributed by atoms with van der Waals surface area (Å²) < 4.78 is 42.2. The number of alkyl halides is 3. The number of hydrogen-bond acceptors (Lipinski definition) is 8. The topological polar surface area (TPSA) is 105 Å². The summed E-state index contributed by atoms with van der Waals surface area (Å²) in [5.74, 6) is 1.39. The number of carbonyl (C=O) groups is 1. The Labute approximate surface area is 211 Å². The van der Waals surface area contributed by atoms with Gasteiger partial charge in [-0.25, -0.2) is 19.9 Å². The Hall–Kier alpha value is -4.03. The Bertz CT molecular complexity index is 1350. The minimum atomic E-state index is -4.61. The maximum absolute atomic E-state index is 13.6. The van der Waals surface area contributed by atoms with Gasteiger partial charge < -0.3 is 15.1 Å². The van der Waals surface area contributed by atoms with Gasteiger partial charge in [0, 0.05) is 57.1 Å². The molecule has 1 amide bonds. The van der Waals surface area contributed by atoms with Crippen molar-refractivity contribution in [2.75, 3.05) is 29.9 Å². The lowest BCUT2D eigenvalue weighted by atomic mass is 10.1. The third-order valence-corrected chi connectivity index (χ3v) is 6.51. The van der Waals surface area contributed by atoms with Crippen LogP contribution in [0, 0.1) is 6.92 Å². The zero-order valence-corrected chi connectivity index (χ0v) is 20.5. The first-order valence-electron chi connectivity index (χ1n) is 11.9. The van der Waals surface area contributed by atoms with Gasteiger partial charge in [0.2, 0.25) is 11.9 Å². The standard InChI is InChI=1S/C24H26F3N9O/c1-4-20(37)35-10-7-18-16(13-35)22(30-14(2)29-18)36-9-5-15(12-36)31-23-28-11-17(24(25,26)27)21(32-23)19-6-8-34(3)33-19/h4,6,8,11,15H,1,5,7,9-10,12-13H2,2-3H3,(H,28,31,32)/t15-/m1/s1. The van der Waals surface area contributed by atoms with Crippen molar-refractivity contribution in [3.8, 4) is 11.4 Å². The third kappa shape index (κ3) is 4.98. The molecule has 0 radical (unpaired) electrons. The molecule has 0 spiro atoms. The summed E-state index contributed by atoms with van der Waals surface area (Å²) in [4.78, 5) is 33.4. The number of nitrogens with one attached hydrogen (secondary N) is 1. The molecule has 1 atom stereocenters. The summed E-state index contributed by atoms with van der Waals surface area (Å²) in [5.41, 5.74) is 0.753. The summed E-state index contributed by atoms with van der Waals surface area (Å²) in [6.07, 6.45) is 0.390. The van der Waals surface area contributed by atoms with Crippen LogP contribution in [0.25, 0.3) is 11.4 Å². The summed E-state index contributed by atoms with van der Waals surface area (Å²) in [7, 11) is 1.63. The minimum absolute atomic E-state index is 0.101. The van der Waals surface area contributed by atoms with Crippen LogP contribution in [0.15, 0.2) is 31.1 Å². The molecule has 1 saturated heterocycles. The number of hydrogen-bond donors (Lipinski definition) is 1. The number of aromatic nitrogens is 6. The first kappa shape index (κ1) is 24.7. The van der Waals surface area contributed by atoms with E-state index in [1.165, 1.54) is 16.8 Å². The lowest BCUT2D eigenvalue weighted by Crippen LogP contribution is -2.37. The maximum Gasteiger partial charge on any atom is 0.420 e. The van der Waals surface area contributed by atoms with E-state index in [2.05, 4.69) is 41.8 Å². The fraction of sp³-hybridized carbons (Fsp3) is 0.417. The number of fused-ring (bicyclic) bond motifs is 1. The van der Waals surface area contributed by atoms with E-state index < -0.39 is 11.7 Å². The lowest BCUT2D eigenvalue weighted by Gasteiger charge is -2.31. The molecule has 37 heavy (non-hydrogen) atoms. The first-order chi connectivity index (χ1) is 17.6. The van der Waals surface area contributed by atoms with Crippen molar-refractivity contribution in [2.24, 2.45) is 7.05 Å². The molecule has 0 bridgehead atoms. The molecule has 5 rings (SSSR count). The normalized spacial score (nSPS) is 17.6. The fourth-order valence-corrected chi connectivity index (χ4v) is 4.74. The Morgan fingerprint density at radius 2 is 2.05 bits per heavy atom. The van der Waals surface area contributed by atoms with Crippen LogP contribution in [0.1, 0.15) is 29.1 Å². The third-order valence-electron chi connectivity index (χ3n) is 6.51. The SMILES string of the molecule is C=CC(=O)N1CCc2nc(C)nc(N3CC[C@@H](Nc4ncc(C(F)(F)F)c(-c5ccn(C)n5)n4)C3)c2C1. The first-order valence-corrected chi connectivity index (χ1v) is 11.9. The zero-order valence-electron chi connectivity index (χ0n) is 20.5. The van der Waals surface area contributed by atoms with E-state index in [4.69, 9.17) is 0 Å². The highest BCUT2D eigenvalue weighted by atomic mass is 19.4. The molecule has 13 heteroatoms. The van der Waals surface area contributed by atoms with E-state index in [-0.39, 0.29) is 29.3 Å². The molecule has 2 aliphatic heterocycles. The highest BCUT2D eigenvalue weighted by Crippen LogP contribution is 2.36. The van der Waals surface area contributed by atoms with Crippen LogP contribution < -0.4 is 10.2 Å². The Balaban J connectivity index is 1.37. The second-order valence-corrected chi connectivity index (χ2v) is 9.14. The van der Waals surface area contributed by atoms with Crippen molar-refractivity contribution in [3.05, 3.63) is 53.8 Å². The number of rotatable bonds is 5. The molecule has 0 aliphatic carbocycles. The van der Waals surface area contributed by atoms with Gasteiger partial charge in [0.15, 0.2) is 0 Å². The lowest BCUT2D eigenvalue weighted by molar-refractivity contribution is -0.137. The van der Waals surface area contributed by atoms with Gasteiger partial charge in [-0.15, -0.1) is 0 Å². The van der Waals surface area contributed by atoms with Crippen LogP contribution in [-0.4, -0.2) is 66.2 Å². The second-order valence-electron chi connectivity index (χ2n) is 9.14. The van der Waals surface area contributed by atoms with Gasteiger partial charge in [0.05, 0.1) is 12.2 Å². The number of amides is 1. The average molecular weight is 514 g/mol. The number of anilines is 2. The largest absolute Gasteiger partial charge is 0.420 e. The van der Waals surface area contributed by atoms with Crippen LogP contribution in [0.5, 0.6) is 0 Å². The van der Waals surface area contributed by atoms with Crippen molar-refractivity contribution in [3.63, 3.8) is 0 Å². The Morgan fingerprint density at radius 3 is 2.76 bits per heavy atom. The van der Waals surface area contributed by atoms with Crippen LogP contribution in [0.3, 0.4) is 0 Å². The number of carbonyl (C=O) groups excluding carboxylic acids is 1. The van der Waals surface area contributed by atoms with Gasteiger partial charge in [-0.1, -0.05) is 6.58 Å². The monoisotopic (exact) mass is 513 g/mol. The average Bonchev–Trinajstić information content (AvgIpc) is 3.51. The highest BCUT2D eigenvalue weighted by molar-refractivity contribution is 5.87. The van der Waals surface area contributed by atoms with E-state index in [1.807, 2.05) is 6.92 Å². The van der Waals surface area contributed by atoms with Gasteiger partial charge in [-0.2, -0.15) is 18.3 Å². The number of nitrogens with zero attached hydrogens (tertiary/aromatic N) is 8. The summed E-state index contributed by atoms with van der Waals surface area (Å²) in [6, 6.07) is 1.37. The predicted molar refractivity (Wildman–Crippen MR) is 130 cm³/mol. The zero-order chi connectivity index (χ0) is 26.3. The predicted octanol–water partition coefficient (Wildman–Crippen LogP) is 2.76. The molecule has 10 nitrogen and oxygen atoms in total. The van der Waals surface area contributed by atoms with E-state index in [1.54, 1.807) is 18.1 Å². The number of halogens is 3. The van der Waals surface area contributed by atoms with Crippen molar-refractivity contribution < 1.29 is 18.0 Å². The van der Waals surface area contributed by atoms with E-state index in [0.717, 1.165) is 23.3 Å². The Morgan fingerprint density at radius 1 is 1.24 bits per heavy atom. The summed E-state index contributed by atoms with van der Waals surface area (Å²) in [6.45, 7) is 7.61.